The van der Waals surface area contributed by atoms with Crippen molar-refractivity contribution in [1.29, 1.82) is 0 Å². The van der Waals surface area contributed by atoms with E-state index >= 15 is 0 Å². The van der Waals surface area contributed by atoms with Gasteiger partial charge in [0.15, 0.2) is 0 Å². The summed E-state index contributed by atoms with van der Waals surface area (Å²) in [5, 5.41) is 2.77. The second-order valence-electron chi connectivity index (χ2n) is 7.06. The molecule has 1 saturated heterocycles. The summed E-state index contributed by atoms with van der Waals surface area (Å²) in [5.41, 5.74) is 0.987. The van der Waals surface area contributed by atoms with Crippen LogP contribution in [0.25, 0.3) is 0 Å². The van der Waals surface area contributed by atoms with Crippen molar-refractivity contribution in [1.82, 2.24) is 4.90 Å². The van der Waals surface area contributed by atoms with Crippen molar-refractivity contribution >= 4 is 36.8 Å². The highest BCUT2D eigenvalue weighted by Crippen LogP contribution is 2.21. The molecule has 1 aliphatic heterocycles. The van der Waals surface area contributed by atoms with Crippen molar-refractivity contribution in [2.24, 2.45) is 11.8 Å². The topological polar surface area (TPSA) is 66.5 Å². The Labute approximate surface area is 160 Å². The lowest BCUT2D eigenvalue weighted by atomic mass is 9.96. The fourth-order valence-corrected chi connectivity index (χ4v) is 2.98. The lowest BCUT2D eigenvalue weighted by Crippen LogP contribution is -2.46. The van der Waals surface area contributed by atoms with E-state index in [1.54, 1.807) is 13.0 Å². The summed E-state index contributed by atoms with van der Waals surface area (Å²) in [7, 11) is 0. The van der Waals surface area contributed by atoms with Gasteiger partial charge in [0, 0.05) is 25.2 Å². The van der Waals surface area contributed by atoms with Crippen molar-refractivity contribution in [3.05, 3.63) is 29.6 Å². The highest BCUT2D eigenvalue weighted by atomic mass is 32.1. The molecule has 1 N–H and O–H groups in total. The number of benzene rings is 1. The van der Waals surface area contributed by atoms with Crippen LogP contribution in [0.4, 0.5) is 10.1 Å². The Morgan fingerprint density at radius 2 is 2.00 bits per heavy atom. The van der Waals surface area contributed by atoms with Crippen LogP contribution in [0.3, 0.4) is 0 Å². The number of piperidine rings is 1. The van der Waals surface area contributed by atoms with Gasteiger partial charge in [-0.05, 0) is 49.4 Å². The Morgan fingerprint density at radius 3 is 2.62 bits per heavy atom. The zero-order valence-corrected chi connectivity index (χ0v) is 16.5. The van der Waals surface area contributed by atoms with E-state index in [1.165, 1.54) is 17.0 Å². The number of likely N-dealkylation sites (tertiary alicyclic amines) is 1. The van der Waals surface area contributed by atoms with Gasteiger partial charge in [0.05, 0.1) is 5.92 Å². The molecule has 2 amide bonds. The summed E-state index contributed by atoms with van der Waals surface area (Å²) in [6.45, 7) is 6.16. The minimum Gasteiger partial charge on any atom is -0.335 e. The van der Waals surface area contributed by atoms with Gasteiger partial charge >= 0.3 is 0 Å². The van der Waals surface area contributed by atoms with Crippen LogP contribution >= 0.6 is 13.5 Å². The van der Waals surface area contributed by atoms with Crippen molar-refractivity contribution in [2.75, 3.05) is 18.4 Å². The minimum absolute atomic E-state index is 0. The maximum Gasteiger partial charge on any atom is 0.289 e. The largest absolute Gasteiger partial charge is 0.335 e. The van der Waals surface area contributed by atoms with Crippen LogP contribution in [-0.4, -0.2) is 35.6 Å². The van der Waals surface area contributed by atoms with Gasteiger partial charge in [-0.2, -0.15) is 13.5 Å². The summed E-state index contributed by atoms with van der Waals surface area (Å²) < 4.78 is 13.3. The monoisotopic (exact) mass is 382 g/mol. The summed E-state index contributed by atoms with van der Waals surface area (Å²) >= 11 is 0. The number of hydrogen-bond acceptors (Lipinski definition) is 3. The van der Waals surface area contributed by atoms with Crippen LogP contribution in [0.15, 0.2) is 18.2 Å². The molecule has 0 aromatic heterocycles. The number of anilines is 1. The average Bonchev–Trinajstić information content (AvgIpc) is 2.57. The van der Waals surface area contributed by atoms with Gasteiger partial charge in [-0.3, -0.25) is 14.4 Å². The Bertz CT molecular complexity index is 679. The van der Waals surface area contributed by atoms with Gasteiger partial charge in [-0.15, -0.1) is 0 Å². The van der Waals surface area contributed by atoms with E-state index in [-0.39, 0.29) is 50.0 Å². The molecule has 144 valence electrons. The molecule has 0 radical (unpaired) electrons. The smallest absolute Gasteiger partial charge is 0.289 e. The number of carbonyl (C=O) groups excluding carboxylic acids is 3. The number of hydrogen-bond donors (Lipinski definition) is 1. The normalized spacial score (nSPS) is 16.8. The molecule has 1 heterocycles. The maximum absolute atomic E-state index is 13.3. The number of nitrogens with zero attached hydrogens (tertiary/aromatic N) is 1. The second-order valence-corrected chi connectivity index (χ2v) is 7.06. The number of aryl methyl sites for hydroxylation is 1. The van der Waals surface area contributed by atoms with E-state index < -0.39 is 11.7 Å². The molecule has 1 aromatic rings. The Kier molecular flexibility index (Phi) is 8.27. The van der Waals surface area contributed by atoms with Crippen LogP contribution in [0.5, 0.6) is 0 Å². The molecular weight excluding hydrogens is 355 g/mol. The Hall–Kier alpha value is -1.89. The van der Waals surface area contributed by atoms with Crippen LogP contribution in [0, 0.1) is 24.6 Å². The molecule has 0 bridgehead atoms. The minimum atomic E-state index is -0.496. The molecule has 1 aliphatic rings. The van der Waals surface area contributed by atoms with Gasteiger partial charge < -0.3 is 10.2 Å². The van der Waals surface area contributed by atoms with E-state index in [4.69, 9.17) is 0 Å². The second kappa shape index (κ2) is 9.71. The van der Waals surface area contributed by atoms with Crippen LogP contribution in [0.2, 0.25) is 0 Å². The van der Waals surface area contributed by atoms with Crippen molar-refractivity contribution in [3.8, 4) is 0 Å². The first kappa shape index (κ1) is 22.2. The van der Waals surface area contributed by atoms with E-state index in [0.29, 0.717) is 30.6 Å². The SMILES string of the molecule is Cc1cc(NC(=O)[C@H]2CCCN(C(=O)C(=O)CC(C)C)C2)ccc1F.S. The van der Waals surface area contributed by atoms with Crippen molar-refractivity contribution < 1.29 is 18.8 Å². The third kappa shape index (κ3) is 5.83. The van der Waals surface area contributed by atoms with Gasteiger partial charge in [0.2, 0.25) is 11.7 Å². The molecule has 0 saturated carbocycles. The van der Waals surface area contributed by atoms with Crippen molar-refractivity contribution in [3.63, 3.8) is 0 Å². The number of halogens is 1. The predicted octanol–water partition coefficient (Wildman–Crippen LogP) is 3.04. The highest BCUT2D eigenvalue weighted by molar-refractivity contribution is 7.59. The molecule has 7 heteroatoms. The average molecular weight is 383 g/mol. The number of rotatable bonds is 5. The van der Waals surface area contributed by atoms with E-state index in [2.05, 4.69) is 5.32 Å². The molecule has 0 unspecified atom stereocenters. The first-order valence-corrected chi connectivity index (χ1v) is 8.67. The third-order valence-corrected chi connectivity index (χ3v) is 4.34. The van der Waals surface area contributed by atoms with Gasteiger partial charge in [-0.1, -0.05) is 13.8 Å². The first-order valence-electron chi connectivity index (χ1n) is 8.67. The number of ketones is 1. The van der Waals surface area contributed by atoms with Crippen LogP contribution in [-0.2, 0) is 14.4 Å². The maximum atomic E-state index is 13.3. The molecule has 1 fully saturated rings. The van der Waals surface area contributed by atoms with E-state index in [9.17, 15) is 18.8 Å². The molecule has 1 aromatic carbocycles. The van der Waals surface area contributed by atoms with Crippen LogP contribution < -0.4 is 5.32 Å². The lowest BCUT2D eigenvalue weighted by molar-refractivity contribution is -0.146. The molecule has 0 aliphatic carbocycles. The number of amides is 2. The molecule has 2 rings (SSSR count). The Balaban J connectivity index is 0.00000338. The standard InChI is InChI=1S/C19H25FN2O3.H2S/c1-12(2)9-17(23)19(25)22-8-4-5-14(11-22)18(24)21-15-6-7-16(20)13(3)10-15;/h6-7,10,12,14H,4-5,8-9,11H2,1-3H3,(H,21,24);1H2/t14-;/m0./s1. The lowest BCUT2D eigenvalue weighted by Gasteiger charge is -2.31. The van der Waals surface area contributed by atoms with Gasteiger partial charge in [-0.25, -0.2) is 4.39 Å². The summed E-state index contributed by atoms with van der Waals surface area (Å²) in [6, 6.07) is 4.40. The van der Waals surface area contributed by atoms with E-state index in [1.807, 2.05) is 13.8 Å². The summed E-state index contributed by atoms with van der Waals surface area (Å²) in [6.07, 6.45) is 1.57. The molecule has 26 heavy (non-hydrogen) atoms. The Morgan fingerprint density at radius 1 is 1.31 bits per heavy atom. The number of nitrogens with one attached hydrogen (secondary N) is 1. The quantitative estimate of drug-likeness (QED) is 0.796. The van der Waals surface area contributed by atoms with E-state index in [0.717, 1.165) is 0 Å². The number of carbonyl (C=O) groups is 3. The first-order chi connectivity index (χ1) is 11.8. The molecule has 1 atom stereocenters. The third-order valence-electron chi connectivity index (χ3n) is 4.34. The highest BCUT2D eigenvalue weighted by Gasteiger charge is 2.31. The summed E-state index contributed by atoms with van der Waals surface area (Å²) in [5.74, 6) is -1.66. The van der Waals surface area contributed by atoms with Gasteiger partial charge in [0.1, 0.15) is 5.82 Å². The number of Topliss-reactive ketones (excluding diaryl/α,β-unsaturated/α-hetero) is 1. The molecule has 5 nitrogen and oxygen atoms in total. The summed E-state index contributed by atoms with van der Waals surface area (Å²) in [4.78, 5) is 38.1. The fraction of sp³-hybridized carbons (Fsp3) is 0.526. The molecule has 0 spiro atoms. The van der Waals surface area contributed by atoms with Gasteiger partial charge in [0.25, 0.3) is 5.91 Å². The van der Waals surface area contributed by atoms with Crippen LogP contribution in [0.1, 0.15) is 38.7 Å². The zero-order chi connectivity index (χ0) is 18.6. The zero-order valence-electron chi connectivity index (χ0n) is 15.5. The predicted molar refractivity (Wildman–Crippen MR) is 104 cm³/mol. The molecular formula is C19H27FN2O3S. The fourth-order valence-electron chi connectivity index (χ4n) is 2.98. The van der Waals surface area contributed by atoms with Crippen molar-refractivity contribution in [2.45, 2.75) is 40.0 Å².